The van der Waals surface area contributed by atoms with Crippen molar-refractivity contribution in [1.29, 1.82) is 0 Å². The van der Waals surface area contributed by atoms with Gasteiger partial charge in [0.25, 0.3) is 5.22 Å². The number of rotatable bonds is 10. The van der Waals surface area contributed by atoms with Gasteiger partial charge in [-0.25, -0.2) is 0 Å². The van der Waals surface area contributed by atoms with E-state index in [0.29, 0.717) is 24.2 Å². The Balaban J connectivity index is 1.42. The summed E-state index contributed by atoms with van der Waals surface area (Å²) in [6, 6.07) is 19.6. The van der Waals surface area contributed by atoms with Crippen molar-refractivity contribution in [2.45, 2.75) is 31.7 Å². The molecule has 0 aliphatic carbocycles. The molecule has 2 heterocycles. The smallest absolute Gasteiger partial charge is 0.277 e. The number of ether oxygens (including phenoxy) is 1. The lowest BCUT2D eigenvalue weighted by molar-refractivity contribution is -0.129. The van der Waals surface area contributed by atoms with Crippen molar-refractivity contribution in [2.75, 3.05) is 12.9 Å². The van der Waals surface area contributed by atoms with Gasteiger partial charge in [0.1, 0.15) is 5.75 Å². The number of carbonyl (C=O) groups excluding carboxylic acids is 1. The molecule has 0 saturated carbocycles. The molecule has 174 valence electrons. The number of thioether (sulfide) groups is 1. The van der Waals surface area contributed by atoms with Crippen molar-refractivity contribution in [1.82, 2.24) is 20.1 Å². The zero-order valence-electron chi connectivity index (χ0n) is 19.2. The van der Waals surface area contributed by atoms with Gasteiger partial charge in [-0.3, -0.25) is 9.78 Å². The molecule has 2 aromatic carbocycles. The molecule has 0 saturated heterocycles. The quantitative estimate of drug-likeness (QED) is 0.298. The molecule has 0 aliphatic rings. The van der Waals surface area contributed by atoms with E-state index in [-0.39, 0.29) is 11.7 Å². The number of methoxy groups -OCH3 is 1. The number of hydrogen-bond donors (Lipinski definition) is 0. The summed E-state index contributed by atoms with van der Waals surface area (Å²) in [6.07, 6.45) is 4.50. The van der Waals surface area contributed by atoms with E-state index in [9.17, 15) is 4.79 Å². The van der Waals surface area contributed by atoms with Crippen LogP contribution >= 0.6 is 11.8 Å². The second kappa shape index (κ2) is 11.5. The summed E-state index contributed by atoms with van der Waals surface area (Å²) in [5.74, 6) is 1.33. The number of aromatic nitrogens is 3. The van der Waals surface area contributed by atoms with Crippen molar-refractivity contribution in [3.05, 3.63) is 89.7 Å². The Morgan fingerprint density at radius 3 is 2.38 bits per heavy atom. The molecule has 0 spiro atoms. The molecule has 2 aromatic heterocycles. The van der Waals surface area contributed by atoms with Gasteiger partial charge in [0, 0.05) is 31.0 Å². The Hall–Kier alpha value is -3.65. The van der Waals surface area contributed by atoms with Gasteiger partial charge < -0.3 is 14.1 Å². The number of hydrogen-bond acceptors (Lipinski definition) is 7. The molecule has 0 N–H and O–H groups in total. The van der Waals surface area contributed by atoms with Gasteiger partial charge in [0.05, 0.1) is 12.9 Å². The van der Waals surface area contributed by atoms with Gasteiger partial charge in [-0.2, -0.15) is 0 Å². The highest BCUT2D eigenvalue weighted by atomic mass is 32.2. The first-order valence-corrected chi connectivity index (χ1v) is 12.0. The highest BCUT2D eigenvalue weighted by Gasteiger charge is 2.18. The summed E-state index contributed by atoms with van der Waals surface area (Å²) in [5, 5.41) is 8.55. The number of aryl methyl sites for hydroxylation is 1. The van der Waals surface area contributed by atoms with E-state index in [1.807, 2.05) is 41.3 Å². The fourth-order valence-electron chi connectivity index (χ4n) is 3.38. The molecule has 0 radical (unpaired) electrons. The molecule has 0 aliphatic heterocycles. The molecular weight excluding hydrogens is 448 g/mol. The monoisotopic (exact) mass is 474 g/mol. The number of benzene rings is 2. The topological polar surface area (TPSA) is 81.4 Å². The van der Waals surface area contributed by atoms with Crippen LogP contribution < -0.4 is 4.74 Å². The van der Waals surface area contributed by atoms with Crippen molar-refractivity contribution < 1.29 is 13.9 Å². The van der Waals surface area contributed by atoms with E-state index in [1.54, 1.807) is 19.5 Å². The van der Waals surface area contributed by atoms with Gasteiger partial charge in [-0.05, 0) is 53.4 Å². The SMILES string of the molecule is CCc1ccc(CN(Cc2cccnc2)C(=O)CSc2nnc(-c3ccc(OC)cc3)o2)cc1. The molecule has 0 unspecified atom stereocenters. The van der Waals surface area contributed by atoms with E-state index < -0.39 is 0 Å². The maximum absolute atomic E-state index is 13.2. The second-order valence-electron chi connectivity index (χ2n) is 7.67. The van der Waals surface area contributed by atoms with E-state index in [1.165, 1.54) is 17.3 Å². The summed E-state index contributed by atoms with van der Waals surface area (Å²) in [5.41, 5.74) is 4.12. The van der Waals surface area contributed by atoms with Crippen LogP contribution in [0.25, 0.3) is 11.5 Å². The molecule has 4 aromatic rings. The summed E-state index contributed by atoms with van der Waals surface area (Å²) < 4.78 is 10.9. The van der Waals surface area contributed by atoms with E-state index in [2.05, 4.69) is 46.4 Å². The Kier molecular flexibility index (Phi) is 7.93. The van der Waals surface area contributed by atoms with Crippen LogP contribution in [0.3, 0.4) is 0 Å². The Bertz CT molecular complexity index is 1190. The lowest BCUT2D eigenvalue weighted by atomic mass is 10.1. The van der Waals surface area contributed by atoms with Crippen LogP contribution in [0, 0.1) is 0 Å². The minimum atomic E-state index is -0.0161. The molecule has 8 heteroatoms. The Labute approximate surface area is 203 Å². The van der Waals surface area contributed by atoms with Crippen molar-refractivity contribution in [3.8, 4) is 17.2 Å². The van der Waals surface area contributed by atoms with Crippen LogP contribution in [0.15, 0.2) is 82.7 Å². The fourth-order valence-corrected chi connectivity index (χ4v) is 4.04. The molecular formula is C26H26N4O3S. The average molecular weight is 475 g/mol. The van der Waals surface area contributed by atoms with E-state index in [0.717, 1.165) is 28.9 Å². The number of amides is 1. The first-order chi connectivity index (χ1) is 16.6. The third-order valence-corrected chi connectivity index (χ3v) is 6.12. The fraction of sp³-hybridized carbons (Fsp3) is 0.231. The zero-order chi connectivity index (χ0) is 23.8. The average Bonchev–Trinajstić information content (AvgIpc) is 3.37. The first kappa shape index (κ1) is 23.5. The third kappa shape index (κ3) is 6.23. The van der Waals surface area contributed by atoms with Gasteiger partial charge in [0.15, 0.2) is 0 Å². The predicted octanol–water partition coefficient (Wildman–Crippen LogP) is 5.02. The van der Waals surface area contributed by atoms with Gasteiger partial charge in [-0.15, -0.1) is 10.2 Å². The van der Waals surface area contributed by atoms with Gasteiger partial charge in [0.2, 0.25) is 11.8 Å². The minimum absolute atomic E-state index is 0.0161. The van der Waals surface area contributed by atoms with E-state index in [4.69, 9.17) is 9.15 Å². The summed E-state index contributed by atoms with van der Waals surface area (Å²) >= 11 is 1.24. The summed E-state index contributed by atoms with van der Waals surface area (Å²) in [4.78, 5) is 19.2. The number of nitrogens with zero attached hydrogens (tertiary/aromatic N) is 4. The maximum atomic E-state index is 13.2. The highest BCUT2D eigenvalue weighted by Crippen LogP contribution is 2.25. The molecule has 0 atom stereocenters. The van der Waals surface area contributed by atoms with Crippen LogP contribution in [-0.2, 0) is 24.3 Å². The lowest BCUT2D eigenvalue weighted by Gasteiger charge is -2.23. The van der Waals surface area contributed by atoms with E-state index >= 15 is 0 Å². The summed E-state index contributed by atoms with van der Waals surface area (Å²) in [6.45, 7) is 3.12. The molecule has 34 heavy (non-hydrogen) atoms. The summed E-state index contributed by atoms with van der Waals surface area (Å²) in [7, 11) is 1.62. The van der Waals surface area contributed by atoms with Crippen molar-refractivity contribution in [3.63, 3.8) is 0 Å². The standard InChI is InChI=1S/C26H26N4O3S/c1-3-19-6-8-20(9-7-19)16-30(17-21-5-4-14-27-15-21)24(31)18-34-26-29-28-25(33-26)22-10-12-23(32-2)13-11-22/h4-15H,3,16-18H2,1-2H3. The Morgan fingerprint density at radius 1 is 0.971 bits per heavy atom. The largest absolute Gasteiger partial charge is 0.497 e. The highest BCUT2D eigenvalue weighted by molar-refractivity contribution is 7.99. The lowest BCUT2D eigenvalue weighted by Crippen LogP contribution is -2.31. The van der Waals surface area contributed by atoms with Crippen LogP contribution in [0.5, 0.6) is 5.75 Å². The third-order valence-electron chi connectivity index (χ3n) is 5.32. The van der Waals surface area contributed by atoms with Crippen LogP contribution in [0.1, 0.15) is 23.6 Å². The van der Waals surface area contributed by atoms with Crippen molar-refractivity contribution in [2.24, 2.45) is 0 Å². The van der Waals surface area contributed by atoms with Crippen LogP contribution in [0.4, 0.5) is 0 Å². The minimum Gasteiger partial charge on any atom is -0.497 e. The van der Waals surface area contributed by atoms with Gasteiger partial charge in [-0.1, -0.05) is 49.0 Å². The number of carbonyl (C=O) groups is 1. The maximum Gasteiger partial charge on any atom is 0.277 e. The van der Waals surface area contributed by atoms with Crippen LogP contribution in [0.2, 0.25) is 0 Å². The van der Waals surface area contributed by atoms with Crippen molar-refractivity contribution >= 4 is 17.7 Å². The molecule has 0 bridgehead atoms. The first-order valence-electron chi connectivity index (χ1n) is 11.0. The predicted molar refractivity (Wildman–Crippen MR) is 131 cm³/mol. The molecule has 0 fully saturated rings. The molecule has 4 rings (SSSR count). The zero-order valence-corrected chi connectivity index (χ0v) is 20.0. The molecule has 1 amide bonds. The molecule has 7 nitrogen and oxygen atoms in total. The normalized spacial score (nSPS) is 10.8. The Morgan fingerprint density at radius 2 is 1.71 bits per heavy atom. The van der Waals surface area contributed by atoms with Crippen LogP contribution in [-0.4, -0.2) is 38.9 Å². The number of pyridine rings is 1. The second-order valence-corrected chi connectivity index (χ2v) is 8.60. The van der Waals surface area contributed by atoms with Gasteiger partial charge >= 0.3 is 0 Å².